The first-order chi connectivity index (χ1) is 8.18. The van der Waals surface area contributed by atoms with E-state index in [0.717, 1.165) is 10.9 Å². The van der Waals surface area contributed by atoms with E-state index in [4.69, 9.17) is 16.7 Å². The van der Waals surface area contributed by atoms with E-state index in [9.17, 15) is 4.79 Å². The molecule has 3 rings (SSSR count). The molecule has 0 spiro atoms. The predicted molar refractivity (Wildman–Crippen MR) is 62.5 cm³/mol. The Balaban J connectivity index is 2.54. The van der Waals surface area contributed by atoms with Crippen LogP contribution in [0.5, 0.6) is 0 Å². The smallest absolute Gasteiger partial charge is 0.339 e. The van der Waals surface area contributed by atoms with Gasteiger partial charge in [-0.2, -0.15) is 0 Å². The molecule has 0 aliphatic carbocycles. The Morgan fingerprint density at radius 2 is 2.24 bits per heavy atom. The Bertz CT molecular complexity index is 751. The van der Waals surface area contributed by atoms with E-state index < -0.39 is 5.97 Å². The number of hydrogen-bond acceptors (Lipinski definition) is 3. The summed E-state index contributed by atoms with van der Waals surface area (Å²) in [5.74, 6) is -1.03. The van der Waals surface area contributed by atoms with Gasteiger partial charge in [-0.05, 0) is 12.1 Å². The molecule has 3 aromatic heterocycles. The SMILES string of the molecule is O=C(O)c1ccn2c1nc(Cl)c1ccncc12. The summed E-state index contributed by atoms with van der Waals surface area (Å²) >= 11 is 6.02. The van der Waals surface area contributed by atoms with E-state index >= 15 is 0 Å². The van der Waals surface area contributed by atoms with Crippen molar-refractivity contribution in [3.8, 4) is 0 Å². The first-order valence-corrected chi connectivity index (χ1v) is 5.20. The van der Waals surface area contributed by atoms with Gasteiger partial charge in [0.1, 0.15) is 10.7 Å². The summed E-state index contributed by atoms with van der Waals surface area (Å²) < 4.78 is 1.66. The van der Waals surface area contributed by atoms with Crippen molar-refractivity contribution in [2.24, 2.45) is 0 Å². The Morgan fingerprint density at radius 1 is 1.41 bits per heavy atom. The molecule has 0 aromatic carbocycles. The van der Waals surface area contributed by atoms with Crippen LogP contribution in [0.1, 0.15) is 10.4 Å². The standard InChI is InChI=1S/C11H6ClN3O2/c12-9-6-1-3-13-5-8(6)15-4-2-7(11(16)17)10(15)14-9/h1-5H,(H,16,17). The molecule has 0 aliphatic heterocycles. The minimum absolute atomic E-state index is 0.123. The van der Waals surface area contributed by atoms with Crippen molar-refractivity contribution < 1.29 is 9.90 Å². The molecule has 3 heterocycles. The molecular weight excluding hydrogens is 242 g/mol. The number of carbonyl (C=O) groups is 1. The van der Waals surface area contributed by atoms with E-state index in [-0.39, 0.29) is 10.7 Å². The van der Waals surface area contributed by atoms with Gasteiger partial charge in [-0.15, -0.1) is 0 Å². The van der Waals surface area contributed by atoms with Crippen molar-refractivity contribution in [1.82, 2.24) is 14.4 Å². The quantitative estimate of drug-likeness (QED) is 0.670. The highest BCUT2D eigenvalue weighted by Crippen LogP contribution is 2.24. The van der Waals surface area contributed by atoms with Crippen molar-refractivity contribution >= 4 is 34.1 Å². The lowest BCUT2D eigenvalue weighted by atomic mass is 10.3. The van der Waals surface area contributed by atoms with Gasteiger partial charge in [-0.1, -0.05) is 11.6 Å². The van der Waals surface area contributed by atoms with Crippen molar-refractivity contribution in [3.63, 3.8) is 0 Å². The van der Waals surface area contributed by atoms with Crippen LogP contribution in [0.3, 0.4) is 0 Å². The third-order valence-electron chi connectivity index (χ3n) is 2.58. The molecule has 6 heteroatoms. The zero-order valence-corrected chi connectivity index (χ0v) is 9.22. The number of carboxylic acid groups (broad SMARTS) is 1. The molecule has 84 valence electrons. The van der Waals surface area contributed by atoms with Crippen LogP contribution in [0.2, 0.25) is 5.15 Å². The molecule has 0 aliphatic rings. The molecule has 17 heavy (non-hydrogen) atoms. The summed E-state index contributed by atoms with van der Waals surface area (Å²) in [4.78, 5) is 19.1. The van der Waals surface area contributed by atoms with Crippen LogP contribution in [0.15, 0.2) is 30.7 Å². The molecule has 0 saturated carbocycles. The van der Waals surface area contributed by atoms with E-state index in [1.165, 1.54) is 6.07 Å². The van der Waals surface area contributed by atoms with Crippen LogP contribution in [-0.2, 0) is 0 Å². The van der Waals surface area contributed by atoms with E-state index in [1.807, 2.05) is 0 Å². The molecule has 1 N–H and O–H groups in total. The fourth-order valence-electron chi connectivity index (χ4n) is 1.81. The second-order valence-electron chi connectivity index (χ2n) is 3.52. The van der Waals surface area contributed by atoms with Crippen LogP contribution >= 0.6 is 11.6 Å². The molecule has 5 nitrogen and oxygen atoms in total. The normalized spacial score (nSPS) is 11.1. The van der Waals surface area contributed by atoms with Gasteiger partial charge >= 0.3 is 5.97 Å². The van der Waals surface area contributed by atoms with Gasteiger partial charge in [0.05, 0.1) is 11.7 Å². The van der Waals surface area contributed by atoms with Crippen molar-refractivity contribution in [3.05, 3.63) is 41.4 Å². The van der Waals surface area contributed by atoms with Crippen LogP contribution in [0.4, 0.5) is 0 Å². The van der Waals surface area contributed by atoms with E-state index in [2.05, 4.69) is 9.97 Å². The Labute approximate surface area is 100 Å². The average molecular weight is 248 g/mol. The summed E-state index contributed by atoms with van der Waals surface area (Å²) in [6.45, 7) is 0. The van der Waals surface area contributed by atoms with Crippen molar-refractivity contribution in [1.29, 1.82) is 0 Å². The van der Waals surface area contributed by atoms with E-state index in [1.54, 1.807) is 29.1 Å². The number of hydrogen-bond donors (Lipinski definition) is 1. The Morgan fingerprint density at radius 3 is 3.00 bits per heavy atom. The molecule has 0 unspecified atom stereocenters. The molecule has 3 aromatic rings. The summed E-state index contributed by atoms with van der Waals surface area (Å²) in [5, 5.41) is 10.0. The maximum Gasteiger partial charge on any atom is 0.339 e. The first kappa shape index (κ1) is 10.0. The second-order valence-corrected chi connectivity index (χ2v) is 3.88. The van der Waals surface area contributed by atoms with Gasteiger partial charge < -0.3 is 5.11 Å². The highest BCUT2D eigenvalue weighted by molar-refractivity contribution is 6.34. The van der Waals surface area contributed by atoms with Crippen molar-refractivity contribution in [2.45, 2.75) is 0 Å². The largest absolute Gasteiger partial charge is 0.478 e. The molecular formula is C11H6ClN3O2. The fourth-order valence-corrected chi connectivity index (χ4v) is 2.05. The zero-order valence-electron chi connectivity index (χ0n) is 8.46. The third-order valence-corrected chi connectivity index (χ3v) is 2.86. The van der Waals surface area contributed by atoms with Gasteiger partial charge in [0.2, 0.25) is 0 Å². The Kier molecular flexibility index (Phi) is 2.02. The highest BCUT2D eigenvalue weighted by atomic mass is 35.5. The monoisotopic (exact) mass is 247 g/mol. The average Bonchev–Trinajstić information content (AvgIpc) is 2.73. The molecule has 0 bridgehead atoms. The van der Waals surface area contributed by atoms with Crippen LogP contribution in [0, 0.1) is 0 Å². The lowest BCUT2D eigenvalue weighted by Crippen LogP contribution is -1.99. The number of halogens is 1. The molecule has 0 saturated heterocycles. The summed E-state index contributed by atoms with van der Waals surface area (Å²) in [7, 11) is 0. The minimum atomic E-state index is -1.03. The predicted octanol–water partition coefficient (Wildman–Crippen LogP) is 2.23. The van der Waals surface area contributed by atoms with Gasteiger partial charge in [0, 0.05) is 17.8 Å². The van der Waals surface area contributed by atoms with Gasteiger partial charge in [-0.25, -0.2) is 9.78 Å². The lowest BCUT2D eigenvalue weighted by Gasteiger charge is -2.03. The van der Waals surface area contributed by atoms with Gasteiger partial charge in [-0.3, -0.25) is 9.38 Å². The third kappa shape index (κ3) is 1.36. The fraction of sp³-hybridized carbons (Fsp3) is 0. The van der Waals surface area contributed by atoms with Gasteiger partial charge in [0.15, 0.2) is 5.65 Å². The first-order valence-electron chi connectivity index (χ1n) is 4.82. The van der Waals surface area contributed by atoms with Crippen molar-refractivity contribution in [2.75, 3.05) is 0 Å². The molecule has 0 amide bonds. The summed E-state index contributed by atoms with van der Waals surface area (Å²) in [6, 6.07) is 3.23. The van der Waals surface area contributed by atoms with Crippen LogP contribution < -0.4 is 0 Å². The number of fused-ring (bicyclic) bond motifs is 3. The number of aromatic carboxylic acids is 1. The van der Waals surface area contributed by atoms with Gasteiger partial charge in [0.25, 0.3) is 0 Å². The number of pyridine rings is 1. The number of aromatic nitrogens is 3. The minimum Gasteiger partial charge on any atom is -0.478 e. The Hall–Kier alpha value is -2.14. The number of rotatable bonds is 1. The maximum atomic E-state index is 11.0. The lowest BCUT2D eigenvalue weighted by molar-refractivity contribution is 0.0699. The molecule has 0 fully saturated rings. The molecule has 0 radical (unpaired) electrons. The molecule has 0 atom stereocenters. The second kappa shape index (κ2) is 3.43. The maximum absolute atomic E-state index is 11.0. The topological polar surface area (TPSA) is 67.5 Å². The van der Waals surface area contributed by atoms with Crippen LogP contribution in [-0.4, -0.2) is 25.4 Å². The van der Waals surface area contributed by atoms with Crippen LogP contribution in [0.25, 0.3) is 16.6 Å². The zero-order chi connectivity index (χ0) is 12.0. The van der Waals surface area contributed by atoms with E-state index in [0.29, 0.717) is 5.65 Å². The highest BCUT2D eigenvalue weighted by Gasteiger charge is 2.14. The summed E-state index contributed by atoms with van der Waals surface area (Å²) in [6.07, 6.45) is 4.89. The summed E-state index contributed by atoms with van der Waals surface area (Å²) in [5.41, 5.74) is 1.18. The number of carboxylic acids is 1. The number of nitrogens with zero attached hydrogens (tertiary/aromatic N) is 3.